The van der Waals surface area contributed by atoms with Crippen LogP contribution in [0.3, 0.4) is 0 Å². The highest BCUT2D eigenvalue weighted by atomic mass is 16.5. The maximum atomic E-state index is 5.36. The van der Waals surface area contributed by atoms with Gasteiger partial charge in [-0.15, -0.1) is 0 Å². The van der Waals surface area contributed by atoms with Gasteiger partial charge < -0.3 is 15.0 Å². The zero-order chi connectivity index (χ0) is 13.1. The molecule has 3 nitrogen and oxygen atoms in total. The van der Waals surface area contributed by atoms with Gasteiger partial charge in [0.25, 0.3) is 0 Å². The summed E-state index contributed by atoms with van der Waals surface area (Å²) in [5.41, 5.74) is 4.15. The lowest BCUT2D eigenvalue weighted by molar-refractivity contribution is 0.413. The Morgan fingerprint density at radius 3 is 2.89 bits per heavy atom. The molecule has 3 heteroatoms. The molecule has 100 valence electrons. The fourth-order valence-electron chi connectivity index (χ4n) is 2.98. The molecule has 1 N–H and O–H groups in total. The lowest BCUT2D eigenvalue weighted by Gasteiger charge is -2.37. The molecule has 1 aromatic rings. The van der Waals surface area contributed by atoms with Crippen LogP contribution in [0, 0.1) is 6.92 Å². The summed E-state index contributed by atoms with van der Waals surface area (Å²) in [6.07, 6.45) is 3.60. The van der Waals surface area contributed by atoms with Gasteiger partial charge in [0.1, 0.15) is 5.75 Å². The van der Waals surface area contributed by atoms with E-state index < -0.39 is 0 Å². The van der Waals surface area contributed by atoms with Crippen LogP contribution in [-0.4, -0.2) is 33.8 Å². The van der Waals surface area contributed by atoms with E-state index in [0.717, 1.165) is 18.7 Å². The van der Waals surface area contributed by atoms with E-state index in [1.807, 2.05) is 7.05 Å². The molecule has 0 aromatic heterocycles. The van der Waals surface area contributed by atoms with Gasteiger partial charge in [-0.25, -0.2) is 0 Å². The van der Waals surface area contributed by atoms with Gasteiger partial charge in [0.2, 0.25) is 0 Å². The minimum atomic E-state index is 0.650. The number of ether oxygens (including phenoxy) is 1. The second-order valence-electron chi connectivity index (χ2n) is 5.15. The molecular weight excluding hydrogens is 224 g/mol. The van der Waals surface area contributed by atoms with Gasteiger partial charge in [-0.3, -0.25) is 0 Å². The Hall–Kier alpha value is -1.22. The summed E-state index contributed by atoms with van der Waals surface area (Å²) >= 11 is 0. The van der Waals surface area contributed by atoms with E-state index in [-0.39, 0.29) is 0 Å². The molecule has 18 heavy (non-hydrogen) atoms. The van der Waals surface area contributed by atoms with Crippen LogP contribution in [0.5, 0.6) is 5.75 Å². The molecular formula is C15H24N2O. The predicted molar refractivity (Wildman–Crippen MR) is 76.8 cm³/mol. The van der Waals surface area contributed by atoms with Crippen molar-refractivity contribution in [2.45, 2.75) is 32.2 Å². The minimum Gasteiger partial charge on any atom is -0.497 e. The molecule has 0 saturated carbocycles. The Balaban J connectivity index is 2.26. The van der Waals surface area contributed by atoms with Gasteiger partial charge in [-0.05, 0) is 63.0 Å². The van der Waals surface area contributed by atoms with E-state index in [1.54, 1.807) is 7.11 Å². The van der Waals surface area contributed by atoms with Gasteiger partial charge in [-0.1, -0.05) is 0 Å². The smallest absolute Gasteiger partial charge is 0.119 e. The van der Waals surface area contributed by atoms with Crippen LogP contribution in [0.15, 0.2) is 12.1 Å². The SMILES string of the molecule is CNCCC1CCc2cc(OC)cc(C)c2N1C. The number of benzene rings is 1. The summed E-state index contributed by atoms with van der Waals surface area (Å²) in [7, 11) is 5.98. The first-order valence-corrected chi connectivity index (χ1v) is 6.72. The molecule has 0 saturated heterocycles. The quantitative estimate of drug-likeness (QED) is 0.885. The Morgan fingerprint density at radius 2 is 2.22 bits per heavy atom. The molecule has 1 heterocycles. The summed E-state index contributed by atoms with van der Waals surface area (Å²) in [4.78, 5) is 2.45. The monoisotopic (exact) mass is 248 g/mol. The van der Waals surface area contributed by atoms with Crippen LogP contribution >= 0.6 is 0 Å². The number of aryl methyl sites for hydroxylation is 2. The third-order valence-electron chi connectivity index (χ3n) is 3.96. The average molecular weight is 248 g/mol. The molecule has 0 bridgehead atoms. The number of anilines is 1. The van der Waals surface area contributed by atoms with Crippen LogP contribution in [0.2, 0.25) is 0 Å². The molecule has 0 fully saturated rings. The van der Waals surface area contributed by atoms with E-state index in [4.69, 9.17) is 4.74 Å². The Bertz CT molecular complexity index is 417. The van der Waals surface area contributed by atoms with E-state index in [1.165, 1.54) is 29.7 Å². The Morgan fingerprint density at radius 1 is 1.44 bits per heavy atom. The average Bonchev–Trinajstić information content (AvgIpc) is 2.37. The standard InChI is InChI=1S/C15H24N2O/c1-11-9-14(18-4)10-12-5-6-13(7-8-16-2)17(3)15(11)12/h9-10,13,16H,5-8H2,1-4H3. The summed E-state index contributed by atoms with van der Waals surface area (Å²) in [6, 6.07) is 4.97. The number of methoxy groups -OCH3 is 1. The fourth-order valence-corrected chi connectivity index (χ4v) is 2.98. The van der Waals surface area contributed by atoms with Crippen LogP contribution in [-0.2, 0) is 6.42 Å². The van der Waals surface area contributed by atoms with Crippen molar-refractivity contribution in [1.29, 1.82) is 0 Å². The first-order chi connectivity index (χ1) is 8.67. The van der Waals surface area contributed by atoms with Crippen molar-refractivity contribution in [3.05, 3.63) is 23.3 Å². The van der Waals surface area contributed by atoms with Crippen molar-refractivity contribution in [3.8, 4) is 5.75 Å². The van der Waals surface area contributed by atoms with Crippen LogP contribution < -0.4 is 15.0 Å². The molecule has 1 atom stereocenters. The van der Waals surface area contributed by atoms with Crippen molar-refractivity contribution in [2.75, 3.05) is 32.6 Å². The molecule has 1 aliphatic heterocycles. The molecule has 2 rings (SSSR count). The van der Waals surface area contributed by atoms with Crippen molar-refractivity contribution in [3.63, 3.8) is 0 Å². The van der Waals surface area contributed by atoms with E-state index in [0.29, 0.717) is 6.04 Å². The van der Waals surface area contributed by atoms with Gasteiger partial charge in [0.15, 0.2) is 0 Å². The third kappa shape index (κ3) is 2.46. The molecule has 0 radical (unpaired) electrons. The number of hydrogen-bond donors (Lipinski definition) is 1. The molecule has 0 amide bonds. The van der Waals surface area contributed by atoms with Gasteiger partial charge in [-0.2, -0.15) is 0 Å². The van der Waals surface area contributed by atoms with Crippen LogP contribution in [0.25, 0.3) is 0 Å². The molecule has 0 spiro atoms. The molecule has 1 unspecified atom stereocenters. The van der Waals surface area contributed by atoms with Gasteiger partial charge in [0, 0.05) is 18.8 Å². The maximum absolute atomic E-state index is 5.36. The van der Waals surface area contributed by atoms with Crippen LogP contribution in [0.1, 0.15) is 24.0 Å². The van der Waals surface area contributed by atoms with Crippen molar-refractivity contribution >= 4 is 5.69 Å². The number of nitrogens with zero attached hydrogens (tertiary/aromatic N) is 1. The summed E-state index contributed by atoms with van der Waals surface area (Å²) in [6.45, 7) is 3.26. The Kier molecular flexibility index (Phi) is 4.12. The Labute approximate surface area is 110 Å². The molecule has 1 aromatic carbocycles. The number of rotatable bonds is 4. The largest absolute Gasteiger partial charge is 0.497 e. The van der Waals surface area contributed by atoms with Crippen LogP contribution in [0.4, 0.5) is 5.69 Å². The number of fused-ring (bicyclic) bond motifs is 1. The summed E-state index contributed by atoms with van der Waals surface area (Å²) in [5, 5.41) is 3.25. The second kappa shape index (κ2) is 5.61. The third-order valence-corrected chi connectivity index (χ3v) is 3.96. The highest BCUT2D eigenvalue weighted by Crippen LogP contribution is 2.36. The zero-order valence-corrected chi connectivity index (χ0v) is 11.9. The first kappa shape index (κ1) is 13.2. The zero-order valence-electron chi connectivity index (χ0n) is 11.9. The second-order valence-corrected chi connectivity index (χ2v) is 5.15. The predicted octanol–water partition coefficient (Wildman–Crippen LogP) is 2.36. The maximum Gasteiger partial charge on any atom is 0.119 e. The van der Waals surface area contributed by atoms with E-state index >= 15 is 0 Å². The minimum absolute atomic E-state index is 0.650. The van der Waals surface area contributed by atoms with Gasteiger partial charge >= 0.3 is 0 Å². The topological polar surface area (TPSA) is 24.5 Å². The number of hydrogen-bond acceptors (Lipinski definition) is 3. The molecule has 1 aliphatic rings. The summed E-state index contributed by atoms with van der Waals surface area (Å²) in [5.74, 6) is 0.980. The number of nitrogens with one attached hydrogen (secondary N) is 1. The van der Waals surface area contributed by atoms with Crippen molar-refractivity contribution in [1.82, 2.24) is 5.32 Å². The molecule has 0 aliphatic carbocycles. The highest BCUT2D eigenvalue weighted by Gasteiger charge is 2.24. The van der Waals surface area contributed by atoms with Crippen molar-refractivity contribution in [2.24, 2.45) is 0 Å². The highest BCUT2D eigenvalue weighted by molar-refractivity contribution is 5.63. The van der Waals surface area contributed by atoms with Gasteiger partial charge in [0.05, 0.1) is 7.11 Å². The lowest BCUT2D eigenvalue weighted by Crippen LogP contribution is -2.38. The lowest BCUT2D eigenvalue weighted by atomic mass is 9.92. The summed E-state index contributed by atoms with van der Waals surface area (Å²) < 4.78 is 5.36. The first-order valence-electron chi connectivity index (χ1n) is 6.72. The van der Waals surface area contributed by atoms with E-state index in [9.17, 15) is 0 Å². The normalized spacial score (nSPS) is 18.7. The fraction of sp³-hybridized carbons (Fsp3) is 0.600. The van der Waals surface area contributed by atoms with Crippen molar-refractivity contribution < 1.29 is 4.74 Å². The van der Waals surface area contributed by atoms with E-state index in [2.05, 4.69) is 36.3 Å².